The second-order valence-corrected chi connectivity index (χ2v) is 5.27. The highest BCUT2D eigenvalue weighted by atomic mass is 32.2. The number of aryl methyl sites for hydroxylation is 1. The van der Waals surface area contributed by atoms with Crippen LogP contribution in [-0.4, -0.2) is 28.0 Å². The molecular weight excluding hydrogens is 263 g/mol. The van der Waals surface area contributed by atoms with E-state index in [0.29, 0.717) is 22.3 Å². The third-order valence-electron chi connectivity index (χ3n) is 1.54. The number of carbonyl (C=O) groups is 1. The molecule has 1 heterocycles. The summed E-state index contributed by atoms with van der Waals surface area (Å²) in [5.74, 6) is -2.02. The van der Waals surface area contributed by atoms with Crippen molar-refractivity contribution in [2.75, 3.05) is 5.75 Å². The summed E-state index contributed by atoms with van der Waals surface area (Å²) in [6, 6.07) is 0. The van der Waals surface area contributed by atoms with Gasteiger partial charge in [0, 0.05) is 4.88 Å². The second kappa shape index (κ2) is 5.05. The number of thioether (sulfide) groups is 1. The highest BCUT2D eigenvalue weighted by Gasteiger charge is 2.28. The Labute approximate surface area is 97.7 Å². The third kappa shape index (κ3) is 4.40. The Balaban J connectivity index is 2.66. The molecule has 8 heteroatoms. The topological polar surface area (TPSA) is 50.2 Å². The van der Waals surface area contributed by atoms with E-state index in [-0.39, 0.29) is 10.8 Å². The van der Waals surface area contributed by atoms with Crippen LogP contribution in [0.3, 0.4) is 0 Å². The molecule has 0 bridgehead atoms. The van der Waals surface area contributed by atoms with E-state index in [0.717, 1.165) is 11.3 Å². The number of aliphatic carboxylic acids is 1. The molecule has 0 fully saturated rings. The van der Waals surface area contributed by atoms with Crippen LogP contribution in [-0.2, 0) is 11.2 Å². The maximum Gasteiger partial charge on any atom is 0.398 e. The van der Waals surface area contributed by atoms with E-state index in [2.05, 4.69) is 4.98 Å². The minimum Gasteiger partial charge on any atom is -0.481 e. The van der Waals surface area contributed by atoms with Gasteiger partial charge in [-0.2, -0.15) is 13.2 Å². The number of hydrogen-bond acceptors (Lipinski definition) is 4. The molecule has 3 nitrogen and oxygen atoms in total. The van der Waals surface area contributed by atoms with Crippen molar-refractivity contribution in [1.29, 1.82) is 0 Å². The predicted molar refractivity (Wildman–Crippen MR) is 55.0 cm³/mol. The summed E-state index contributed by atoms with van der Waals surface area (Å²) in [6.07, 6.45) is -4.44. The lowest BCUT2D eigenvalue weighted by Crippen LogP contribution is -2.10. The maximum atomic E-state index is 11.9. The molecule has 0 aliphatic rings. The number of aromatic nitrogens is 1. The van der Waals surface area contributed by atoms with Crippen molar-refractivity contribution in [3.8, 4) is 0 Å². The summed E-state index contributed by atoms with van der Waals surface area (Å²) in [7, 11) is 0. The van der Waals surface area contributed by atoms with Gasteiger partial charge in [-0.25, -0.2) is 4.98 Å². The van der Waals surface area contributed by atoms with Gasteiger partial charge in [0.2, 0.25) is 0 Å². The maximum absolute atomic E-state index is 11.9. The van der Waals surface area contributed by atoms with Gasteiger partial charge in [-0.1, -0.05) is 11.8 Å². The van der Waals surface area contributed by atoms with Crippen molar-refractivity contribution < 1.29 is 23.1 Å². The van der Waals surface area contributed by atoms with Crippen molar-refractivity contribution in [2.24, 2.45) is 0 Å². The number of rotatable bonds is 4. The number of nitrogens with zero attached hydrogens (tertiary/aromatic N) is 1. The van der Waals surface area contributed by atoms with E-state index in [9.17, 15) is 18.0 Å². The van der Waals surface area contributed by atoms with Gasteiger partial charge in [0.15, 0.2) is 4.34 Å². The first-order valence-electron chi connectivity index (χ1n) is 4.15. The lowest BCUT2D eigenvalue weighted by atomic mass is 10.3. The standard InChI is InChI=1S/C8H8F3NO2S2/c1-4-5(2-6(13)14)16-7(12-4)15-3-8(9,10)11/h2-3H2,1H3,(H,13,14). The summed E-state index contributed by atoms with van der Waals surface area (Å²) in [5, 5.41) is 8.55. The zero-order valence-corrected chi connectivity index (χ0v) is 9.80. The summed E-state index contributed by atoms with van der Waals surface area (Å²) in [5.41, 5.74) is 0.483. The van der Waals surface area contributed by atoms with Crippen molar-refractivity contribution in [2.45, 2.75) is 23.9 Å². The molecule has 90 valence electrons. The smallest absolute Gasteiger partial charge is 0.398 e. The average Bonchev–Trinajstić information content (AvgIpc) is 2.42. The lowest BCUT2D eigenvalue weighted by Gasteiger charge is -2.02. The van der Waals surface area contributed by atoms with Crippen molar-refractivity contribution in [3.63, 3.8) is 0 Å². The highest BCUT2D eigenvalue weighted by Crippen LogP contribution is 2.31. The normalized spacial score (nSPS) is 11.8. The van der Waals surface area contributed by atoms with Gasteiger partial charge in [0.25, 0.3) is 0 Å². The fourth-order valence-corrected chi connectivity index (χ4v) is 2.89. The van der Waals surface area contributed by atoms with E-state index < -0.39 is 17.9 Å². The van der Waals surface area contributed by atoms with Gasteiger partial charge in [-0.15, -0.1) is 11.3 Å². The summed E-state index contributed by atoms with van der Waals surface area (Å²) >= 11 is 1.58. The van der Waals surface area contributed by atoms with Gasteiger partial charge in [0.1, 0.15) is 0 Å². The second-order valence-electron chi connectivity index (χ2n) is 2.96. The molecule has 0 radical (unpaired) electrons. The largest absolute Gasteiger partial charge is 0.481 e. The zero-order chi connectivity index (χ0) is 12.3. The molecule has 0 saturated carbocycles. The number of hydrogen-bond donors (Lipinski definition) is 1. The van der Waals surface area contributed by atoms with Crippen LogP contribution >= 0.6 is 23.1 Å². The van der Waals surface area contributed by atoms with E-state index >= 15 is 0 Å². The van der Waals surface area contributed by atoms with Crippen LogP contribution in [0.15, 0.2) is 4.34 Å². The van der Waals surface area contributed by atoms with Crippen molar-refractivity contribution in [3.05, 3.63) is 10.6 Å². The van der Waals surface area contributed by atoms with Crippen molar-refractivity contribution >= 4 is 29.1 Å². The van der Waals surface area contributed by atoms with Crippen LogP contribution in [0.4, 0.5) is 13.2 Å². The van der Waals surface area contributed by atoms with Crippen LogP contribution in [0.1, 0.15) is 10.6 Å². The van der Waals surface area contributed by atoms with E-state index in [1.807, 2.05) is 0 Å². The molecule has 1 aromatic heterocycles. The van der Waals surface area contributed by atoms with Gasteiger partial charge in [0.05, 0.1) is 17.9 Å². The summed E-state index contributed by atoms with van der Waals surface area (Å²) in [6.45, 7) is 1.59. The quantitative estimate of drug-likeness (QED) is 0.855. The summed E-state index contributed by atoms with van der Waals surface area (Å²) < 4.78 is 36.0. The third-order valence-corrected chi connectivity index (χ3v) is 3.91. The van der Waals surface area contributed by atoms with Gasteiger partial charge >= 0.3 is 12.1 Å². The monoisotopic (exact) mass is 271 g/mol. The number of alkyl halides is 3. The first-order valence-corrected chi connectivity index (χ1v) is 5.96. The molecular formula is C8H8F3NO2S2. The molecule has 0 aromatic carbocycles. The van der Waals surface area contributed by atoms with E-state index in [1.165, 1.54) is 0 Å². The molecule has 0 atom stereocenters. The van der Waals surface area contributed by atoms with Crippen LogP contribution < -0.4 is 0 Å². The molecule has 0 unspecified atom stereocenters. The summed E-state index contributed by atoms with van der Waals surface area (Å²) in [4.78, 5) is 14.8. The molecule has 0 saturated heterocycles. The Hall–Kier alpha value is -0.760. The fourth-order valence-electron chi connectivity index (χ4n) is 0.908. The molecule has 1 N–H and O–H groups in total. The number of halogens is 3. The highest BCUT2D eigenvalue weighted by molar-refractivity contribution is 8.01. The first kappa shape index (κ1) is 13.3. The Morgan fingerprint density at radius 3 is 2.69 bits per heavy atom. The van der Waals surface area contributed by atoms with Gasteiger partial charge in [-0.05, 0) is 6.92 Å². The SMILES string of the molecule is Cc1nc(SCC(F)(F)F)sc1CC(=O)O. The number of carboxylic acids is 1. The van der Waals surface area contributed by atoms with Crippen LogP contribution in [0.2, 0.25) is 0 Å². The van der Waals surface area contributed by atoms with E-state index in [1.54, 1.807) is 6.92 Å². The van der Waals surface area contributed by atoms with Gasteiger partial charge in [-0.3, -0.25) is 4.79 Å². The Morgan fingerprint density at radius 2 is 2.19 bits per heavy atom. The Kier molecular flexibility index (Phi) is 4.20. The van der Waals surface area contributed by atoms with Gasteiger partial charge < -0.3 is 5.11 Å². The number of thiazole rings is 1. The zero-order valence-electron chi connectivity index (χ0n) is 8.17. The average molecular weight is 271 g/mol. The van der Waals surface area contributed by atoms with Crippen LogP contribution in [0.5, 0.6) is 0 Å². The van der Waals surface area contributed by atoms with E-state index in [4.69, 9.17) is 5.11 Å². The minimum absolute atomic E-state index is 0.198. The molecule has 1 rings (SSSR count). The minimum atomic E-state index is -4.24. The molecule has 0 aliphatic heterocycles. The van der Waals surface area contributed by atoms with Crippen molar-refractivity contribution in [1.82, 2.24) is 4.98 Å². The predicted octanol–water partition coefficient (Wildman–Crippen LogP) is 2.73. The molecule has 16 heavy (non-hydrogen) atoms. The Bertz CT molecular complexity index is 389. The number of carboxylic acid groups (broad SMARTS) is 1. The fraction of sp³-hybridized carbons (Fsp3) is 0.500. The molecule has 0 aliphatic carbocycles. The lowest BCUT2D eigenvalue weighted by molar-refractivity contribution is -0.136. The molecule has 1 aromatic rings. The molecule has 0 spiro atoms. The molecule has 0 amide bonds. The first-order chi connectivity index (χ1) is 7.28. The van der Waals surface area contributed by atoms with Crippen LogP contribution in [0.25, 0.3) is 0 Å². The van der Waals surface area contributed by atoms with Crippen LogP contribution in [0, 0.1) is 6.92 Å². The Morgan fingerprint density at radius 1 is 1.56 bits per heavy atom.